The molecule has 9 nitrogen and oxygen atoms in total. The molecule has 11 heteroatoms. The van der Waals surface area contributed by atoms with Crippen molar-refractivity contribution in [3.63, 3.8) is 0 Å². The van der Waals surface area contributed by atoms with Crippen molar-refractivity contribution < 1.29 is 18.1 Å². The van der Waals surface area contributed by atoms with Gasteiger partial charge in [-0.1, -0.05) is 6.07 Å². The predicted octanol–water partition coefficient (Wildman–Crippen LogP) is 0.505. The Hall–Kier alpha value is -1.75. The first-order valence-corrected chi connectivity index (χ1v) is 8.95. The number of hydrogen-bond acceptors (Lipinski definition) is 6. The molecule has 0 aliphatic carbocycles. The predicted molar refractivity (Wildman–Crippen MR) is 94.2 cm³/mol. The lowest BCUT2D eigenvalue weighted by Crippen LogP contribution is -2.46. The van der Waals surface area contributed by atoms with Crippen LogP contribution in [0.4, 0.5) is 5.69 Å². The van der Waals surface area contributed by atoms with Gasteiger partial charge in [0.15, 0.2) is 0 Å². The van der Waals surface area contributed by atoms with E-state index >= 15 is 0 Å². The molecule has 1 saturated heterocycles. The third-order valence-corrected chi connectivity index (χ3v) is 5.61. The summed E-state index contributed by atoms with van der Waals surface area (Å²) in [4.78, 5) is 21.9. The first-order chi connectivity index (χ1) is 11.3. The molecule has 1 heterocycles. The molecule has 0 aromatic heterocycles. The number of halogens is 1. The minimum Gasteiger partial charge on any atom is -0.352 e. The van der Waals surface area contributed by atoms with E-state index in [1.54, 1.807) is 0 Å². The van der Waals surface area contributed by atoms with Crippen molar-refractivity contribution in [1.82, 2.24) is 14.9 Å². The molecule has 1 aliphatic rings. The van der Waals surface area contributed by atoms with Crippen LogP contribution in [0.2, 0.25) is 0 Å². The number of benzene rings is 1. The van der Waals surface area contributed by atoms with Crippen molar-refractivity contribution in [2.24, 2.45) is 0 Å². The molecule has 1 aromatic rings. The number of rotatable bonds is 6. The van der Waals surface area contributed by atoms with Crippen molar-refractivity contribution in [2.45, 2.75) is 23.8 Å². The van der Waals surface area contributed by atoms with Gasteiger partial charge in [0.25, 0.3) is 5.69 Å². The van der Waals surface area contributed by atoms with Gasteiger partial charge in [-0.3, -0.25) is 14.9 Å². The summed E-state index contributed by atoms with van der Waals surface area (Å²) in [6.45, 7) is 1.29. The first kappa shape index (κ1) is 21.3. The van der Waals surface area contributed by atoms with Gasteiger partial charge in [0.1, 0.15) is 0 Å². The molecule has 0 bridgehead atoms. The molecular formula is C14H21ClN4O5S. The van der Waals surface area contributed by atoms with Gasteiger partial charge in [-0.2, -0.15) is 4.31 Å². The zero-order chi connectivity index (χ0) is 17.7. The Morgan fingerprint density at radius 1 is 1.40 bits per heavy atom. The van der Waals surface area contributed by atoms with Gasteiger partial charge < -0.3 is 10.6 Å². The maximum atomic E-state index is 12.4. The van der Waals surface area contributed by atoms with Crippen molar-refractivity contribution >= 4 is 34.0 Å². The molecule has 1 amide bonds. The summed E-state index contributed by atoms with van der Waals surface area (Å²) < 4.78 is 25.8. The molecule has 0 spiro atoms. The van der Waals surface area contributed by atoms with E-state index in [0.29, 0.717) is 0 Å². The van der Waals surface area contributed by atoms with Gasteiger partial charge in [-0.25, -0.2) is 8.42 Å². The van der Waals surface area contributed by atoms with E-state index in [-0.39, 0.29) is 35.6 Å². The van der Waals surface area contributed by atoms with Crippen LogP contribution < -0.4 is 10.6 Å². The van der Waals surface area contributed by atoms with E-state index in [2.05, 4.69) is 10.6 Å². The Labute approximate surface area is 152 Å². The second-order valence-corrected chi connectivity index (χ2v) is 7.65. The molecule has 1 fully saturated rings. The lowest BCUT2D eigenvalue weighted by Gasteiger charge is -2.25. The number of nitro benzene ring substituents is 1. The Bertz CT molecular complexity index is 722. The van der Waals surface area contributed by atoms with Gasteiger partial charge in [-0.15, -0.1) is 12.4 Å². The maximum Gasteiger partial charge on any atom is 0.270 e. The fourth-order valence-electron chi connectivity index (χ4n) is 2.46. The van der Waals surface area contributed by atoms with Gasteiger partial charge in [-0.05, 0) is 32.0 Å². The van der Waals surface area contributed by atoms with Crippen LogP contribution in [-0.4, -0.2) is 56.3 Å². The Balaban J connectivity index is 0.00000312. The number of piperidine rings is 1. The third kappa shape index (κ3) is 5.63. The highest BCUT2D eigenvalue weighted by molar-refractivity contribution is 7.89. The zero-order valence-electron chi connectivity index (χ0n) is 13.7. The van der Waals surface area contributed by atoms with Crippen LogP contribution in [-0.2, 0) is 14.8 Å². The molecule has 0 atom stereocenters. The summed E-state index contributed by atoms with van der Waals surface area (Å²) >= 11 is 0. The fraction of sp³-hybridized carbons (Fsp3) is 0.500. The average Bonchev–Trinajstić information content (AvgIpc) is 2.55. The Morgan fingerprint density at radius 3 is 2.64 bits per heavy atom. The second-order valence-electron chi connectivity index (χ2n) is 5.61. The monoisotopic (exact) mass is 392 g/mol. The summed E-state index contributed by atoms with van der Waals surface area (Å²) in [5.74, 6) is -0.390. The highest BCUT2D eigenvalue weighted by atomic mass is 35.5. The molecule has 0 saturated carbocycles. The topological polar surface area (TPSA) is 122 Å². The average molecular weight is 393 g/mol. The fourth-order valence-corrected chi connectivity index (χ4v) is 3.63. The highest BCUT2D eigenvalue weighted by Crippen LogP contribution is 2.20. The van der Waals surface area contributed by atoms with Crippen LogP contribution in [0.1, 0.15) is 12.8 Å². The SMILES string of the molecule is CN(CC(=O)NC1CCNCC1)S(=O)(=O)c1cccc([N+](=O)[O-])c1.Cl. The van der Waals surface area contributed by atoms with E-state index in [9.17, 15) is 23.3 Å². The Morgan fingerprint density at radius 2 is 2.04 bits per heavy atom. The molecule has 0 radical (unpaired) electrons. The van der Waals surface area contributed by atoms with Crippen molar-refractivity contribution in [1.29, 1.82) is 0 Å². The molecule has 1 aromatic carbocycles. The minimum absolute atomic E-state index is 0. The van der Waals surface area contributed by atoms with Crippen molar-refractivity contribution in [2.75, 3.05) is 26.7 Å². The maximum absolute atomic E-state index is 12.4. The highest BCUT2D eigenvalue weighted by Gasteiger charge is 2.25. The van der Waals surface area contributed by atoms with Crippen LogP contribution >= 0.6 is 12.4 Å². The largest absolute Gasteiger partial charge is 0.352 e. The minimum atomic E-state index is -3.98. The number of nitro groups is 1. The molecular weight excluding hydrogens is 372 g/mol. The van der Waals surface area contributed by atoms with Crippen LogP contribution in [0.3, 0.4) is 0 Å². The lowest BCUT2D eigenvalue weighted by atomic mass is 10.1. The quantitative estimate of drug-likeness (QED) is 0.537. The summed E-state index contributed by atoms with van der Waals surface area (Å²) in [5.41, 5.74) is -0.316. The third-order valence-electron chi connectivity index (χ3n) is 3.81. The number of sulfonamides is 1. The summed E-state index contributed by atoms with van der Waals surface area (Å²) in [5, 5.41) is 16.8. The molecule has 140 valence electrons. The smallest absolute Gasteiger partial charge is 0.270 e. The molecule has 0 unspecified atom stereocenters. The molecule has 1 aliphatic heterocycles. The van der Waals surface area contributed by atoms with E-state index in [1.807, 2.05) is 0 Å². The standard InChI is InChI=1S/C14H20N4O5S.ClH/c1-17(10-14(19)16-11-5-7-15-8-6-11)24(22,23)13-4-2-3-12(9-13)18(20)21;/h2-4,9,11,15H,5-8,10H2,1H3,(H,16,19);1H. The number of carbonyl (C=O) groups is 1. The number of likely N-dealkylation sites (N-methyl/N-ethyl adjacent to an activating group) is 1. The number of nitrogens with zero attached hydrogens (tertiary/aromatic N) is 2. The van der Waals surface area contributed by atoms with Crippen molar-refractivity contribution in [3.8, 4) is 0 Å². The first-order valence-electron chi connectivity index (χ1n) is 7.51. The van der Waals surface area contributed by atoms with Gasteiger partial charge in [0, 0.05) is 25.2 Å². The van der Waals surface area contributed by atoms with Crippen LogP contribution in [0.25, 0.3) is 0 Å². The molecule has 2 rings (SSSR count). The van der Waals surface area contributed by atoms with E-state index < -0.39 is 20.9 Å². The lowest BCUT2D eigenvalue weighted by molar-refractivity contribution is -0.385. The second kappa shape index (κ2) is 9.09. The zero-order valence-corrected chi connectivity index (χ0v) is 15.3. The summed E-state index contributed by atoms with van der Waals surface area (Å²) in [6.07, 6.45) is 1.60. The van der Waals surface area contributed by atoms with Crippen LogP contribution in [0.15, 0.2) is 29.2 Å². The van der Waals surface area contributed by atoms with Crippen molar-refractivity contribution in [3.05, 3.63) is 34.4 Å². The van der Waals surface area contributed by atoms with Crippen LogP contribution in [0, 0.1) is 10.1 Å². The van der Waals surface area contributed by atoms with Gasteiger partial charge >= 0.3 is 0 Å². The van der Waals surface area contributed by atoms with E-state index in [0.717, 1.165) is 36.3 Å². The molecule has 25 heavy (non-hydrogen) atoms. The number of carbonyl (C=O) groups excluding carboxylic acids is 1. The van der Waals surface area contributed by atoms with E-state index in [4.69, 9.17) is 0 Å². The number of non-ortho nitro benzene ring substituents is 1. The Kier molecular flexibility index (Phi) is 7.74. The summed E-state index contributed by atoms with van der Waals surface area (Å²) in [6, 6.07) is 4.80. The van der Waals surface area contributed by atoms with Gasteiger partial charge in [0.05, 0.1) is 16.4 Å². The van der Waals surface area contributed by atoms with Crippen LogP contribution in [0.5, 0.6) is 0 Å². The normalized spacial score (nSPS) is 15.4. The number of amides is 1. The number of hydrogen-bond donors (Lipinski definition) is 2. The van der Waals surface area contributed by atoms with E-state index in [1.165, 1.54) is 25.2 Å². The van der Waals surface area contributed by atoms with Gasteiger partial charge in [0.2, 0.25) is 15.9 Å². The molecule has 2 N–H and O–H groups in total. The number of nitrogens with one attached hydrogen (secondary N) is 2. The summed E-state index contributed by atoms with van der Waals surface area (Å²) in [7, 11) is -2.70.